The number of benzene rings is 1. The van der Waals surface area contributed by atoms with Crippen molar-refractivity contribution in [1.82, 2.24) is 9.80 Å². The lowest BCUT2D eigenvalue weighted by molar-refractivity contribution is -0.151. The van der Waals surface area contributed by atoms with Crippen molar-refractivity contribution in [1.29, 1.82) is 0 Å². The van der Waals surface area contributed by atoms with Crippen molar-refractivity contribution in [2.24, 2.45) is 0 Å². The van der Waals surface area contributed by atoms with Crippen LogP contribution >= 0.6 is 0 Å². The first-order chi connectivity index (χ1) is 10.1. The molecule has 0 saturated carbocycles. The first kappa shape index (κ1) is 13.5. The summed E-state index contributed by atoms with van der Waals surface area (Å²) in [6, 6.07) is 5.63. The minimum absolute atomic E-state index is 0.164. The summed E-state index contributed by atoms with van der Waals surface area (Å²) in [7, 11) is 0. The van der Waals surface area contributed by atoms with Gasteiger partial charge in [-0.25, -0.2) is 0 Å². The van der Waals surface area contributed by atoms with Crippen LogP contribution in [0.15, 0.2) is 24.3 Å². The number of hydrogen-bond donors (Lipinski definition) is 0. The molecule has 0 aromatic heterocycles. The molecule has 1 atom stereocenters. The first-order valence-electron chi connectivity index (χ1n) is 6.87. The van der Waals surface area contributed by atoms with Gasteiger partial charge in [0.05, 0.1) is 11.1 Å². The molecule has 6 heteroatoms. The van der Waals surface area contributed by atoms with E-state index in [2.05, 4.69) is 0 Å². The second-order valence-electron chi connectivity index (χ2n) is 5.06. The van der Waals surface area contributed by atoms with Crippen LogP contribution in [0.3, 0.4) is 0 Å². The summed E-state index contributed by atoms with van der Waals surface area (Å²) in [4.78, 5) is 50.9. The smallest absolute Gasteiger partial charge is 0.262 e. The molecule has 108 valence electrons. The molecule has 21 heavy (non-hydrogen) atoms. The highest BCUT2D eigenvalue weighted by Gasteiger charge is 2.46. The molecule has 0 N–H and O–H groups in total. The molecular weight excluding hydrogens is 272 g/mol. The molecule has 0 radical (unpaired) electrons. The molecule has 2 heterocycles. The Labute approximate surface area is 121 Å². The number of carbonyl (C=O) groups is 4. The van der Waals surface area contributed by atoms with E-state index in [0.717, 1.165) is 9.80 Å². The predicted octanol–water partition coefficient (Wildman–Crippen LogP) is 0.820. The molecule has 1 saturated heterocycles. The normalized spacial score (nSPS) is 22.0. The van der Waals surface area contributed by atoms with E-state index in [9.17, 15) is 19.2 Å². The van der Waals surface area contributed by atoms with E-state index in [-0.39, 0.29) is 25.3 Å². The number of hydrogen-bond acceptors (Lipinski definition) is 4. The molecule has 1 aromatic carbocycles. The fourth-order valence-electron chi connectivity index (χ4n) is 2.88. The van der Waals surface area contributed by atoms with Gasteiger partial charge >= 0.3 is 0 Å². The van der Waals surface area contributed by atoms with E-state index in [1.165, 1.54) is 0 Å². The standard InChI is InChI=1S/C15H14N2O4/c1-2-16-12(18)8-7-11(15(16)21)17-13(19)9-5-3-4-6-10(9)14(17)20/h3-6,11H,2,7-8H2,1H3. The summed E-state index contributed by atoms with van der Waals surface area (Å²) in [5.74, 6) is -1.64. The van der Waals surface area contributed by atoms with E-state index in [0.29, 0.717) is 11.1 Å². The Balaban J connectivity index is 1.96. The molecule has 3 rings (SSSR count). The fraction of sp³-hybridized carbons (Fsp3) is 0.333. The Morgan fingerprint density at radius 1 is 1.05 bits per heavy atom. The van der Waals surface area contributed by atoms with Gasteiger partial charge in [-0.1, -0.05) is 12.1 Å². The van der Waals surface area contributed by atoms with Crippen LogP contribution in [0.5, 0.6) is 0 Å². The second kappa shape index (κ2) is 4.80. The van der Waals surface area contributed by atoms with Crippen molar-refractivity contribution >= 4 is 23.6 Å². The number of fused-ring (bicyclic) bond motifs is 1. The van der Waals surface area contributed by atoms with E-state index >= 15 is 0 Å². The highest BCUT2D eigenvalue weighted by atomic mass is 16.2. The van der Waals surface area contributed by atoms with Crippen LogP contribution in [0.4, 0.5) is 0 Å². The predicted molar refractivity (Wildman–Crippen MR) is 72.4 cm³/mol. The Morgan fingerprint density at radius 3 is 2.14 bits per heavy atom. The maximum absolute atomic E-state index is 12.4. The van der Waals surface area contributed by atoms with Crippen LogP contribution in [0.2, 0.25) is 0 Å². The molecule has 6 nitrogen and oxygen atoms in total. The van der Waals surface area contributed by atoms with E-state index < -0.39 is 23.8 Å². The van der Waals surface area contributed by atoms with Gasteiger partial charge in [0.2, 0.25) is 5.91 Å². The average Bonchev–Trinajstić information content (AvgIpc) is 2.73. The van der Waals surface area contributed by atoms with Crippen molar-refractivity contribution in [2.75, 3.05) is 6.54 Å². The number of piperidine rings is 1. The molecule has 0 aliphatic carbocycles. The molecule has 1 aromatic rings. The molecule has 2 aliphatic rings. The third-order valence-electron chi connectivity index (χ3n) is 3.94. The minimum Gasteiger partial charge on any atom is -0.281 e. The van der Waals surface area contributed by atoms with E-state index in [1.807, 2.05) is 0 Å². The topological polar surface area (TPSA) is 74.8 Å². The van der Waals surface area contributed by atoms with Gasteiger partial charge in [0.25, 0.3) is 17.7 Å². The van der Waals surface area contributed by atoms with Crippen LogP contribution in [-0.2, 0) is 9.59 Å². The third-order valence-corrected chi connectivity index (χ3v) is 3.94. The minimum atomic E-state index is -0.880. The number of likely N-dealkylation sites (N-methyl/N-ethyl adjacent to an activating group) is 1. The van der Waals surface area contributed by atoms with Gasteiger partial charge in [0.15, 0.2) is 0 Å². The third kappa shape index (κ3) is 1.86. The molecule has 0 spiro atoms. The zero-order valence-corrected chi connectivity index (χ0v) is 11.5. The SMILES string of the molecule is CCN1C(=O)CCC(N2C(=O)c3ccccc3C2=O)C1=O. The van der Waals surface area contributed by atoms with Gasteiger partial charge in [0.1, 0.15) is 6.04 Å². The van der Waals surface area contributed by atoms with E-state index in [1.54, 1.807) is 31.2 Å². The second-order valence-corrected chi connectivity index (χ2v) is 5.06. The van der Waals surface area contributed by atoms with Crippen LogP contribution < -0.4 is 0 Å². The zero-order valence-electron chi connectivity index (χ0n) is 11.5. The molecule has 0 bridgehead atoms. The van der Waals surface area contributed by atoms with Crippen molar-refractivity contribution in [2.45, 2.75) is 25.8 Å². The Kier molecular flexibility index (Phi) is 3.08. The number of likely N-dealkylation sites (tertiary alicyclic amines) is 1. The van der Waals surface area contributed by atoms with E-state index in [4.69, 9.17) is 0 Å². The van der Waals surface area contributed by atoms with Gasteiger partial charge in [-0.3, -0.25) is 29.0 Å². The van der Waals surface area contributed by atoms with Crippen LogP contribution in [-0.4, -0.2) is 46.0 Å². The summed E-state index contributed by atoms with van der Waals surface area (Å²) in [6.45, 7) is 1.94. The van der Waals surface area contributed by atoms with Gasteiger partial charge in [-0.15, -0.1) is 0 Å². The van der Waals surface area contributed by atoms with Gasteiger partial charge in [-0.05, 0) is 25.5 Å². The van der Waals surface area contributed by atoms with Gasteiger partial charge in [-0.2, -0.15) is 0 Å². The van der Waals surface area contributed by atoms with Crippen LogP contribution in [0.1, 0.15) is 40.5 Å². The van der Waals surface area contributed by atoms with Gasteiger partial charge in [0, 0.05) is 13.0 Å². The lowest BCUT2D eigenvalue weighted by Crippen LogP contribution is -2.55. The van der Waals surface area contributed by atoms with Crippen molar-refractivity contribution in [3.8, 4) is 0 Å². The highest BCUT2D eigenvalue weighted by molar-refractivity contribution is 6.23. The molecule has 1 unspecified atom stereocenters. The number of nitrogens with zero attached hydrogens (tertiary/aromatic N) is 2. The van der Waals surface area contributed by atoms with Crippen molar-refractivity contribution in [3.63, 3.8) is 0 Å². The highest BCUT2D eigenvalue weighted by Crippen LogP contribution is 2.28. The average molecular weight is 286 g/mol. The summed E-state index contributed by atoms with van der Waals surface area (Å²) < 4.78 is 0. The fourth-order valence-corrected chi connectivity index (χ4v) is 2.88. The molecular formula is C15H14N2O4. The quantitative estimate of drug-likeness (QED) is 0.754. The van der Waals surface area contributed by atoms with Crippen molar-refractivity contribution < 1.29 is 19.2 Å². The number of rotatable bonds is 2. The lowest BCUT2D eigenvalue weighted by atomic mass is 10.0. The zero-order chi connectivity index (χ0) is 15.1. The maximum atomic E-state index is 12.4. The largest absolute Gasteiger partial charge is 0.281 e. The maximum Gasteiger partial charge on any atom is 0.262 e. The first-order valence-corrected chi connectivity index (χ1v) is 6.87. The van der Waals surface area contributed by atoms with Crippen LogP contribution in [0.25, 0.3) is 0 Å². The molecule has 4 amide bonds. The van der Waals surface area contributed by atoms with Crippen LogP contribution in [0, 0.1) is 0 Å². The Hall–Kier alpha value is -2.50. The summed E-state index contributed by atoms with van der Waals surface area (Å²) in [6.07, 6.45) is 0.358. The summed E-state index contributed by atoms with van der Waals surface area (Å²) >= 11 is 0. The van der Waals surface area contributed by atoms with Crippen molar-refractivity contribution in [3.05, 3.63) is 35.4 Å². The Bertz CT molecular complexity index is 632. The monoisotopic (exact) mass is 286 g/mol. The number of imide groups is 2. The number of amides is 4. The molecule has 1 fully saturated rings. The number of carbonyl (C=O) groups excluding carboxylic acids is 4. The molecule has 2 aliphatic heterocycles. The Morgan fingerprint density at radius 2 is 1.62 bits per heavy atom. The van der Waals surface area contributed by atoms with Gasteiger partial charge < -0.3 is 0 Å². The lowest BCUT2D eigenvalue weighted by Gasteiger charge is -2.33. The summed E-state index contributed by atoms with van der Waals surface area (Å²) in [5, 5.41) is 0. The summed E-state index contributed by atoms with van der Waals surface area (Å²) in [5.41, 5.74) is 0.630.